The average Bonchev–Trinajstić information content (AvgIpc) is 2.61. The zero-order chi connectivity index (χ0) is 21.8. The fourth-order valence-electron chi connectivity index (χ4n) is 11.0. The van der Waals surface area contributed by atoms with Gasteiger partial charge in [0.05, 0.1) is 0 Å². The van der Waals surface area contributed by atoms with Crippen LogP contribution >= 0.6 is 0 Å². The second-order valence-corrected chi connectivity index (χ2v) is 15.3. The van der Waals surface area contributed by atoms with E-state index in [1.54, 1.807) is 0 Å². The Hall–Kier alpha value is -0.260. The van der Waals surface area contributed by atoms with Crippen molar-refractivity contribution in [3.8, 4) is 0 Å². The molecule has 5 aliphatic rings. The Balaban J connectivity index is 1.56. The monoisotopic (exact) mass is 410 g/mol. The summed E-state index contributed by atoms with van der Waals surface area (Å²) < 4.78 is 0. The minimum absolute atomic E-state index is 0.448. The van der Waals surface area contributed by atoms with Gasteiger partial charge in [0.2, 0.25) is 0 Å². The summed E-state index contributed by atoms with van der Waals surface area (Å²) in [6.07, 6.45) is 18.8. The summed E-state index contributed by atoms with van der Waals surface area (Å²) in [7, 11) is 0. The van der Waals surface area contributed by atoms with E-state index in [0.717, 1.165) is 17.8 Å². The van der Waals surface area contributed by atoms with Crippen LogP contribution in [-0.2, 0) is 0 Å². The lowest BCUT2D eigenvalue weighted by atomic mass is 9.35. The Labute approximate surface area is 188 Å². The minimum Gasteiger partial charge on any atom is -0.0837 e. The second-order valence-electron chi connectivity index (χ2n) is 15.3. The highest BCUT2D eigenvalue weighted by molar-refractivity contribution is 5.34. The molecule has 30 heavy (non-hydrogen) atoms. The molecule has 0 bridgehead atoms. The fraction of sp³-hybridized carbons (Fsp3) is 0.933. The number of rotatable bonds is 0. The first-order valence-corrected chi connectivity index (χ1v) is 13.5. The molecule has 4 saturated carbocycles. The molecular weight excluding hydrogens is 360 g/mol. The van der Waals surface area contributed by atoms with Crippen LogP contribution in [0.5, 0.6) is 0 Å². The second kappa shape index (κ2) is 6.20. The Bertz CT molecular complexity index is 754. The molecule has 0 aromatic rings. The maximum Gasteiger partial charge on any atom is -0.00770 e. The van der Waals surface area contributed by atoms with Crippen LogP contribution in [0.2, 0.25) is 0 Å². The van der Waals surface area contributed by atoms with E-state index in [0.29, 0.717) is 32.5 Å². The fourth-order valence-corrected chi connectivity index (χ4v) is 11.0. The molecule has 0 unspecified atom stereocenters. The molecule has 0 spiro atoms. The average molecular weight is 411 g/mol. The summed E-state index contributed by atoms with van der Waals surface area (Å²) in [6, 6.07) is 0. The first-order chi connectivity index (χ1) is 13.8. The summed E-state index contributed by atoms with van der Waals surface area (Å²) >= 11 is 0. The van der Waals surface area contributed by atoms with Gasteiger partial charge in [0, 0.05) is 0 Å². The van der Waals surface area contributed by atoms with Crippen molar-refractivity contribution in [2.24, 2.45) is 50.2 Å². The van der Waals surface area contributed by atoms with E-state index in [4.69, 9.17) is 0 Å². The zero-order valence-electron chi connectivity index (χ0n) is 21.6. The lowest BCUT2D eigenvalue weighted by Crippen LogP contribution is -2.61. The quantitative estimate of drug-likeness (QED) is 0.349. The van der Waals surface area contributed by atoms with Crippen molar-refractivity contribution >= 4 is 0 Å². The van der Waals surface area contributed by atoms with E-state index in [9.17, 15) is 0 Å². The third-order valence-corrected chi connectivity index (χ3v) is 12.5. The van der Waals surface area contributed by atoms with Gasteiger partial charge in [-0.05, 0) is 114 Å². The van der Waals surface area contributed by atoms with Gasteiger partial charge in [0.1, 0.15) is 0 Å². The molecule has 0 amide bonds. The molecular formula is C30H50. The van der Waals surface area contributed by atoms with Crippen molar-refractivity contribution in [3.63, 3.8) is 0 Å². The van der Waals surface area contributed by atoms with E-state index in [1.165, 1.54) is 70.6 Å². The van der Waals surface area contributed by atoms with Crippen LogP contribution in [0.1, 0.15) is 126 Å². The molecule has 0 nitrogen and oxygen atoms in total. The summed E-state index contributed by atoms with van der Waals surface area (Å²) in [5.74, 6) is 2.73. The van der Waals surface area contributed by atoms with Gasteiger partial charge < -0.3 is 0 Å². The molecule has 5 aliphatic carbocycles. The molecule has 7 atom stereocenters. The van der Waals surface area contributed by atoms with Crippen LogP contribution in [0.4, 0.5) is 0 Å². The lowest BCUT2D eigenvalue weighted by molar-refractivity contribution is -0.155. The van der Waals surface area contributed by atoms with Crippen LogP contribution in [0.25, 0.3) is 0 Å². The topological polar surface area (TPSA) is 0 Å². The van der Waals surface area contributed by atoms with Gasteiger partial charge in [-0.2, -0.15) is 0 Å². The molecule has 0 N–H and O–H groups in total. The van der Waals surface area contributed by atoms with E-state index in [1.807, 2.05) is 5.57 Å². The third kappa shape index (κ3) is 2.70. The van der Waals surface area contributed by atoms with E-state index >= 15 is 0 Å². The Morgan fingerprint density at radius 1 is 0.667 bits per heavy atom. The van der Waals surface area contributed by atoms with Crippen molar-refractivity contribution < 1.29 is 0 Å². The number of allylic oxidation sites excluding steroid dienone is 2. The van der Waals surface area contributed by atoms with E-state index < -0.39 is 0 Å². The highest BCUT2D eigenvalue weighted by Gasteiger charge is 2.65. The SMILES string of the molecule is CC1(C)CC[C@]2(C)CC=C3[C@]4(C)CC[C@H]5C(C)(C)CCC[C@]5(C)[C@H]4CC[C@@]3(C)[C@@H]2C1. The summed E-state index contributed by atoms with van der Waals surface area (Å²) in [6.45, 7) is 21.2. The van der Waals surface area contributed by atoms with Crippen molar-refractivity contribution in [3.05, 3.63) is 11.6 Å². The van der Waals surface area contributed by atoms with Gasteiger partial charge >= 0.3 is 0 Å². The van der Waals surface area contributed by atoms with Crippen LogP contribution in [-0.4, -0.2) is 0 Å². The van der Waals surface area contributed by atoms with Gasteiger partial charge in [-0.25, -0.2) is 0 Å². The molecule has 0 radical (unpaired) electrons. The van der Waals surface area contributed by atoms with Gasteiger partial charge in [-0.3, -0.25) is 0 Å². The lowest BCUT2D eigenvalue weighted by Gasteiger charge is -2.70. The van der Waals surface area contributed by atoms with Crippen molar-refractivity contribution in [2.45, 2.75) is 126 Å². The maximum atomic E-state index is 2.83. The minimum atomic E-state index is 0.448. The van der Waals surface area contributed by atoms with Crippen molar-refractivity contribution in [1.29, 1.82) is 0 Å². The zero-order valence-corrected chi connectivity index (χ0v) is 21.6. The number of hydrogen-bond donors (Lipinski definition) is 0. The molecule has 0 heterocycles. The van der Waals surface area contributed by atoms with Gasteiger partial charge in [0.25, 0.3) is 0 Å². The molecule has 0 aliphatic heterocycles. The maximum absolute atomic E-state index is 2.83. The molecule has 0 saturated heterocycles. The summed E-state index contributed by atoms with van der Waals surface area (Å²) in [5, 5.41) is 0. The van der Waals surface area contributed by atoms with Crippen LogP contribution in [0.15, 0.2) is 11.6 Å². The smallest absolute Gasteiger partial charge is 0.00770 e. The molecule has 0 aromatic carbocycles. The van der Waals surface area contributed by atoms with Crippen LogP contribution in [0, 0.1) is 50.2 Å². The summed E-state index contributed by atoms with van der Waals surface area (Å²) in [4.78, 5) is 0. The molecule has 0 heteroatoms. The Morgan fingerprint density at radius 2 is 1.30 bits per heavy atom. The van der Waals surface area contributed by atoms with Crippen LogP contribution < -0.4 is 0 Å². The first-order valence-electron chi connectivity index (χ1n) is 13.5. The van der Waals surface area contributed by atoms with E-state index in [-0.39, 0.29) is 0 Å². The molecule has 5 rings (SSSR count). The Morgan fingerprint density at radius 3 is 2.00 bits per heavy atom. The number of fused-ring (bicyclic) bond motifs is 7. The van der Waals surface area contributed by atoms with Crippen molar-refractivity contribution in [1.82, 2.24) is 0 Å². The predicted molar refractivity (Wildman–Crippen MR) is 129 cm³/mol. The largest absolute Gasteiger partial charge is 0.0837 e. The van der Waals surface area contributed by atoms with Gasteiger partial charge in [-0.1, -0.05) is 73.5 Å². The van der Waals surface area contributed by atoms with Gasteiger partial charge in [0.15, 0.2) is 0 Å². The molecule has 0 aromatic heterocycles. The normalized spacial score (nSPS) is 54.1. The van der Waals surface area contributed by atoms with Crippen LogP contribution in [0.3, 0.4) is 0 Å². The van der Waals surface area contributed by atoms with Crippen molar-refractivity contribution in [2.75, 3.05) is 0 Å². The standard InChI is InChI=1S/C30H50/c1-25(2)18-19-27(5)15-10-22-29(7)16-11-21-26(3,4)13-9-14-28(21,6)23(29)12-17-30(22,8)24(27)20-25/h10,21,23-24H,9,11-20H2,1-8H3/t21-,23+,24+,27-,28-,29-,30+/m0/s1. The molecule has 170 valence electrons. The number of hydrogen-bond acceptors (Lipinski definition) is 0. The molecule has 4 fully saturated rings. The highest BCUT2D eigenvalue weighted by Crippen LogP contribution is 2.74. The van der Waals surface area contributed by atoms with E-state index in [2.05, 4.69) is 61.5 Å². The van der Waals surface area contributed by atoms with Gasteiger partial charge in [-0.15, -0.1) is 0 Å². The Kier molecular flexibility index (Phi) is 4.46. The summed E-state index contributed by atoms with van der Waals surface area (Å²) in [5.41, 5.74) is 5.02. The first kappa shape index (κ1) is 21.6. The predicted octanol–water partition coefficient (Wildman–Crippen LogP) is 9.20. The highest BCUT2D eigenvalue weighted by atomic mass is 14.7. The third-order valence-electron chi connectivity index (χ3n) is 12.5.